The smallest absolute Gasteiger partial charge is 0.358 e. The number of carboxylic acid groups (broad SMARTS) is 1. The van der Waals surface area contributed by atoms with Crippen molar-refractivity contribution in [2.45, 2.75) is 18.9 Å². The molecule has 70 valence electrons. The molecule has 0 spiro atoms. The first-order chi connectivity index (χ1) is 6.29. The van der Waals surface area contributed by atoms with Crippen LogP contribution in [0.15, 0.2) is 0 Å². The largest absolute Gasteiger partial charge is 0.476 e. The molecule has 1 aliphatic rings. The zero-order chi connectivity index (χ0) is 9.26. The van der Waals surface area contributed by atoms with Gasteiger partial charge in [-0.25, -0.2) is 4.79 Å². The molecule has 0 bridgehead atoms. The van der Waals surface area contributed by atoms with Crippen molar-refractivity contribution in [1.29, 1.82) is 0 Å². The maximum Gasteiger partial charge on any atom is 0.358 e. The van der Waals surface area contributed by atoms with Crippen molar-refractivity contribution in [2.24, 2.45) is 0 Å². The van der Waals surface area contributed by atoms with E-state index in [1.165, 1.54) is 0 Å². The topological polar surface area (TPSA) is 88.1 Å². The first kappa shape index (κ1) is 8.18. The average molecular weight is 183 g/mol. The van der Waals surface area contributed by atoms with E-state index in [4.69, 9.17) is 9.84 Å². The Labute approximate surface area is 73.9 Å². The first-order valence-corrected chi connectivity index (χ1v) is 4.04. The molecule has 0 aromatic carbocycles. The molecule has 1 aromatic rings. The molecule has 0 saturated carbocycles. The van der Waals surface area contributed by atoms with Gasteiger partial charge in [0.2, 0.25) is 0 Å². The van der Waals surface area contributed by atoms with Gasteiger partial charge in [-0.15, -0.1) is 5.10 Å². The number of rotatable bonds is 2. The third-order valence-electron chi connectivity index (χ3n) is 2.01. The van der Waals surface area contributed by atoms with Gasteiger partial charge in [0.05, 0.1) is 0 Å². The summed E-state index contributed by atoms with van der Waals surface area (Å²) in [5.41, 5.74) is 0.372. The van der Waals surface area contributed by atoms with Gasteiger partial charge in [-0.05, 0) is 12.8 Å². The van der Waals surface area contributed by atoms with Crippen LogP contribution in [0.25, 0.3) is 0 Å². The summed E-state index contributed by atoms with van der Waals surface area (Å²) in [5.74, 6) is -1.07. The molecule has 13 heavy (non-hydrogen) atoms. The quantitative estimate of drug-likeness (QED) is 0.690. The molecule has 1 fully saturated rings. The standard InChI is InChI=1S/C7H9N3O3/c11-7(12)6-5(8-10-9-6)4-2-1-3-13-4/h4H,1-3H2,(H,11,12)(H,8,9,10). The molecular weight excluding hydrogens is 174 g/mol. The molecule has 1 saturated heterocycles. The van der Waals surface area contributed by atoms with Crippen molar-refractivity contribution in [3.8, 4) is 0 Å². The molecule has 1 unspecified atom stereocenters. The van der Waals surface area contributed by atoms with Crippen molar-refractivity contribution in [3.05, 3.63) is 11.4 Å². The monoisotopic (exact) mass is 183 g/mol. The molecule has 6 heteroatoms. The van der Waals surface area contributed by atoms with Crippen LogP contribution in [-0.4, -0.2) is 33.1 Å². The highest BCUT2D eigenvalue weighted by Crippen LogP contribution is 2.28. The van der Waals surface area contributed by atoms with Crippen molar-refractivity contribution < 1.29 is 14.6 Å². The summed E-state index contributed by atoms with van der Waals surface area (Å²) in [6, 6.07) is 0. The Bertz CT molecular complexity index is 317. The number of aromatic amines is 1. The zero-order valence-electron chi connectivity index (χ0n) is 6.86. The van der Waals surface area contributed by atoms with E-state index in [0.29, 0.717) is 12.3 Å². The SMILES string of the molecule is O=C(O)c1n[nH]nc1C1CCCO1. The van der Waals surface area contributed by atoms with Crippen molar-refractivity contribution in [2.75, 3.05) is 6.61 Å². The summed E-state index contributed by atoms with van der Waals surface area (Å²) in [6.45, 7) is 0.663. The lowest BCUT2D eigenvalue weighted by atomic mass is 10.1. The van der Waals surface area contributed by atoms with E-state index >= 15 is 0 Å². The average Bonchev–Trinajstić information content (AvgIpc) is 2.74. The zero-order valence-corrected chi connectivity index (χ0v) is 6.86. The number of nitrogens with zero attached hydrogens (tertiary/aromatic N) is 2. The van der Waals surface area contributed by atoms with Crippen molar-refractivity contribution >= 4 is 5.97 Å². The summed E-state index contributed by atoms with van der Waals surface area (Å²) < 4.78 is 5.30. The molecule has 0 aliphatic carbocycles. The Morgan fingerprint density at radius 3 is 3.08 bits per heavy atom. The van der Waals surface area contributed by atoms with E-state index in [1.54, 1.807) is 0 Å². The highest BCUT2D eigenvalue weighted by molar-refractivity contribution is 5.86. The Hall–Kier alpha value is -1.43. The predicted octanol–water partition coefficient (Wildman–Crippen LogP) is 0.354. The van der Waals surface area contributed by atoms with Crippen LogP contribution in [0.5, 0.6) is 0 Å². The van der Waals surface area contributed by atoms with E-state index in [2.05, 4.69) is 15.4 Å². The van der Waals surface area contributed by atoms with Gasteiger partial charge in [-0.2, -0.15) is 10.3 Å². The number of hydrogen-bond acceptors (Lipinski definition) is 4. The normalized spacial score (nSPS) is 22.0. The van der Waals surface area contributed by atoms with Crippen LogP contribution in [0.3, 0.4) is 0 Å². The molecule has 2 N–H and O–H groups in total. The Kier molecular flexibility index (Phi) is 1.97. The molecular formula is C7H9N3O3. The van der Waals surface area contributed by atoms with Gasteiger partial charge < -0.3 is 9.84 Å². The molecule has 2 rings (SSSR count). The fourth-order valence-electron chi connectivity index (χ4n) is 1.41. The van der Waals surface area contributed by atoms with Crippen LogP contribution in [-0.2, 0) is 4.74 Å². The Morgan fingerprint density at radius 1 is 1.62 bits per heavy atom. The number of H-pyrrole nitrogens is 1. The van der Waals surface area contributed by atoms with Crippen molar-refractivity contribution in [1.82, 2.24) is 15.4 Å². The number of nitrogens with one attached hydrogen (secondary N) is 1. The number of carboxylic acids is 1. The summed E-state index contributed by atoms with van der Waals surface area (Å²) >= 11 is 0. The lowest BCUT2D eigenvalue weighted by Gasteiger charge is -2.04. The molecule has 2 heterocycles. The van der Waals surface area contributed by atoms with Crippen LogP contribution in [0, 0.1) is 0 Å². The highest BCUT2D eigenvalue weighted by Gasteiger charge is 2.26. The van der Waals surface area contributed by atoms with Gasteiger partial charge in [0.15, 0.2) is 5.69 Å². The molecule has 0 amide bonds. The Morgan fingerprint density at radius 2 is 2.46 bits per heavy atom. The van der Waals surface area contributed by atoms with Gasteiger partial charge in [0.1, 0.15) is 11.8 Å². The van der Waals surface area contributed by atoms with E-state index in [9.17, 15) is 4.79 Å². The van der Waals surface area contributed by atoms with Gasteiger partial charge in [0, 0.05) is 6.61 Å². The van der Waals surface area contributed by atoms with E-state index in [0.717, 1.165) is 12.8 Å². The fraction of sp³-hybridized carbons (Fsp3) is 0.571. The summed E-state index contributed by atoms with van der Waals surface area (Å²) in [5, 5.41) is 18.4. The van der Waals surface area contributed by atoms with Crippen LogP contribution in [0.4, 0.5) is 0 Å². The molecule has 1 atom stereocenters. The third kappa shape index (κ3) is 1.40. The fourth-order valence-corrected chi connectivity index (χ4v) is 1.41. The lowest BCUT2D eigenvalue weighted by molar-refractivity contribution is 0.0674. The number of carbonyl (C=O) groups is 1. The molecule has 1 aromatic heterocycles. The van der Waals surface area contributed by atoms with Crippen LogP contribution in [0.1, 0.15) is 35.1 Å². The van der Waals surface area contributed by atoms with E-state index < -0.39 is 5.97 Å². The van der Waals surface area contributed by atoms with Crippen LogP contribution in [0.2, 0.25) is 0 Å². The number of ether oxygens (including phenoxy) is 1. The minimum absolute atomic E-state index is 0.0353. The van der Waals surface area contributed by atoms with Gasteiger partial charge >= 0.3 is 5.97 Å². The summed E-state index contributed by atoms with van der Waals surface area (Å²) in [7, 11) is 0. The third-order valence-corrected chi connectivity index (χ3v) is 2.01. The minimum atomic E-state index is -1.07. The second-order valence-corrected chi connectivity index (χ2v) is 2.86. The molecule has 1 aliphatic heterocycles. The number of hydrogen-bond donors (Lipinski definition) is 2. The van der Waals surface area contributed by atoms with E-state index in [-0.39, 0.29) is 11.8 Å². The number of aromatic carboxylic acids is 1. The molecule has 0 radical (unpaired) electrons. The van der Waals surface area contributed by atoms with Crippen LogP contribution < -0.4 is 0 Å². The summed E-state index contributed by atoms with van der Waals surface area (Å²) in [4.78, 5) is 10.7. The second kappa shape index (κ2) is 3.14. The van der Waals surface area contributed by atoms with Gasteiger partial charge in [-0.3, -0.25) is 0 Å². The first-order valence-electron chi connectivity index (χ1n) is 4.04. The van der Waals surface area contributed by atoms with Crippen LogP contribution >= 0.6 is 0 Å². The summed E-state index contributed by atoms with van der Waals surface area (Å²) in [6.07, 6.45) is 1.55. The maximum atomic E-state index is 10.7. The second-order valence-electron chi connectivity index (χ2n) is 2.86. The van der Waals surface area contributed by atoms with E-state index in [1.807, 2.05) is 0 Å². The van der Waals surface area contributed by atoms with Gasteiger partial charge in [0.25, 0.3) is 0 Å². The predicted molar refractivity (Wildman–Crippen MR) is 41.3 cm³/mol. The highest BCUT2D eigenvalue weighted by atomic mass is 16.5. The van der Waals surface area contributed by atoms with Gasteiger partial charge in [-0.1, -0.05) is 0 Å². The lowest BCUT2D eigenvalue weighted by Crippen LogP contribution is -2.06. The molecule has 6 nitrogen and oxygen atoms in total. The Balaban J connectivity index is 2.28. The van der Waals surface area contributed by atoms with Crippen molar-refractivity contribution in [3.63, 3.8) is 0 Å². The number of aromatic nitrogens is 3. The minimum Gasteiger partial charge on any atom is -0.476 e. The maximum absolute atomic E-state index is 10.7.